The minimum absolute atomic E-state index is 0.285. The molecule has 24 heavy (non-hydrogen) atoms. The molecule has 0 unspecified atom stereocenters. The molecule has 1 aromatic carbocycles. The van der Waals surface area contributed by atoms with Crippen LogP contribution in [0.2, 0.25) is 0 Å². The topological polar surface area (TPSA) is 66.7 Å². The molecule has 0 saturated carbocycles. The maximum atomic E-state index is 13.9. The van der Waals surface area contributed by atoms with Gasteiger partial charge in [0.05, 0.1) is 24.1 Å². The van der Waals surface area contributed by atoms with Crippen molar-refractivity contribution in [2.75, 3.05) is 0 Å². The minimum Gasteiger partial charge on any atom is -0.360 e. The summed E-state index contributed by atoms with van der Waals surface area (Å²) >= 11 is 0. The summed E-state index contributed by atoms with van der Waals surface area (Å²) in [6.07, 6.45) is 1.62. The molecule has 0 aliphatic rings. The van der Waals surface area contributed by atoms with E-state index in [1.54, 1.807) is 6.20 Å². The fourth-order valence-electron chi connectivity index (χ4n) is 2.38. The van der Waals surface area contributed by atoms with Crippen LogP contribution in [-0.4, -0.2) is 15.4 Å². The molecule has 0 aliphatic heterocycles. The molecule has 7 heteroatoms. The quantitative estimate of drug-likeness (QED) is 0.721. The van der Waals surface area contributed by atoms with Crippen molar-refractivity contribution in [2.45, 2.75) is 32.9 Å². The van der Waals surface area contributed by atoms with Crippen molar-refractivity contribution < 1.29 is 13.3 Å². The minimum atomic E-state index is -0.627. The highest BCUT2D eigenvalue weighted by molar-refractivity contribution is 5.63. The van der Waals surface area contributed by atoms with Gasteiger partial charge in [-0.2, -0.15) is 5.10 Å². The van der Waals surface area contributed by atoms with Crippen LogP contribution in [0, 0.1) is 11.6 Å². The maximum Gasteiger partial charge on any atom is 0.150 e. The van der Waals surface area contributed by atoms with Crippen LogP contribution in [0.1, 0.15) is 36.8 Å². The molecule has 2 aromatic heterocycles. The van der Waals surface area contributed by atoms with Gasteiger partial charge in [0, 0.05) is 29.8 Å². The monoisotopic (exact) mass is 332 g/mol. The molecule has 3 rings (SSSR count). The van der Waals surface area contributed by atoms with Crippen LogP contribution in [0.4, 0.5) is 8.78 Å². The van der Waals surface area contributed by atoms with E-state index in [0.717, 1.165) is 23.1 Å². The van der Waals surface area contributed by atoms with E-state index < -0.39 is 11.6 Å². The first-order chi connectivity index (χ1) is 11.5. The van der Waals surface area contributed by atoms with Crippen LogP contribution < -0.4 is 5.32 Å². The number of aromatic nitrogens is 3. The Morgan fingerprint density at radius 2 is 2.04 bits per heavy atom. The fraction of sp³-hybridized carbons (Fsp3) is 0.294. The molecule has 3 aromatic rings. The molecule has 0 saturated heterocycles. The molecule has 5 nitrogen and oxygen atoms in total. The summed E-state index contributed by atoms with van der Waals surface area (Å²) in [7, 11) is 0. The number of halogens is 2. The molecule has 0 aliphatic carbocycles. The molecule has 2 heterocycles. The SMILES string of the molecule is CC(C)c1cc(CNCc2cn[nH]c2-c2ccc(F)cc2F)on1. The maximum absolute atomic E-state index is 13.9. The summed E-state index contributed by atoms with van der Waals surface area (Å²) in [5.74, 6) is -0.194. The Bertz CT molecular complexity index is 826. The average molecular weight is 332 g/mol. The van der Waals surface area contributed by atoms with E-state index in [-0.39, 0.29) is 5.56 Å². The van der Waals surface area contributed by atoms with Crippen molar-refractivity contribution in [1.82, 2.24) is 20.7 Å². The third kappa shape index (κ3) is 3.51. The zero-order valence-electron chi connectivity index (χ0n) is 13.4. The molecular formula is C17H18F2N4O. The Balaban J connectivity index is 1.67. The highest BCUT2D eigenvalue weighted by Gasteiger charge is 2.13. The van der Waals surface area contributed by atoms with E-state index in [2.05, 4.69) is 20.7 Å². The van der Waals surface area contributed by atoms with Gasteiger partial charge in [-0.05, 0) is 18.1 Å². The summed E-state index contributed by atoms with van der Waals surface area (Å²) in [6, 6.07) is 5.38. The van der Waals surface area contributed by atoms with E-state index in [9.17, 15) is 8.78 Å². The molecule has 0 spiro atoms. The second kappa shape index (κ2) is 6.92. The Labute approximate surface area is 138 Å². The van der Waals surface area contributed by atoms with Crippen LogP contribution in [-0.2, 0) is 13.1 Å². The van der Waals surface area contributed by atoms with Crippen molar-refractivity contribution in [3.8, 4) is 11.3 Å². The van der Waals surface area contributed by atoms with E-state index in [0.29, 0.717) is 24.7 Å². The van der Waals surface area contributed by atoms with Crippen LogP contribution in [0.15, 0.2) is 35.0 Å². The number of nitrogens with one attached hydrogen (secondary N) is 2. The van der Waals surface area contributed by atoms with Crippen molar-refractivity contribution in [3.63, 3.8) is 0 Å². The Hall–Kier alpha value is -2.54. The van der Waals surface area contributed by atoms with Gasteiger partial charge in [-0.25, -0.2) is 8.78 Å². The third-order valence-corrected chi connectivity index (χ3v) is 3.70. The molecule has 2 N–H and O–H groups in total. The van der Waals surface area contributed by atoms with E-state index in [1.807, 2.05) is 19.9 Å². The lowest BCUT2D eigenvalue weighted by Crippen LogP contribution is -2.12. The highest BCUT2D eigenvalue weighted by Crippen LogP contribution is 2.24. The van der Waals surface area contributed by atoms with Crippen molar-refractivity contribution in [3.05, 3.63) is 59.1 Å². The number of benzene rings is 1. The lowest BCUT2D eigenvalue weighted by atomic mass is 10.1. The van der Waals surface area contributed by atoms with Crippen molar-refractivity contribution >= 4 is 0 Å². The smallest absolute Gasteiger partial charge is 0.150 e. The van der Waals surface area contributed by atoms with Crippen LogP contribution >= 0.6 is 0 Å². The first-order valence-electron chi connectivity index (χ1n) is 7.68. The summed E-state index contributed by atoms with van der Waals surface area (Å²) in [4.78, 5) is 0. The lowest BCUT2D eigenvalue weighted by Gasteiger charge is -2.05. The van der Waals surface area contributed by atoms with Crippen LogP contribution in [0.3, 0.4) is 0 Å². The summed E-state index contributed by atoms with van der Waals surface area (Å²) in [5, 5.41) is 13.9. The second-order valence-electron chi connectivity index (χ2n) is 5.87. The normalized spacial score (nSPS) is 11.4. The van der Waals surface area contributed by atoms with Gasteiger partial charge in [0.25, 0.3) is 0 Å². The number of rotatable bonds is 6. The summed E-state index contributed by atoms with van der Waals surface area (Å²) in [6.45, 7) is 5.05. The molecular weight excluding hydrogens is 314 g/mol. The lowest BCUT2D eigenvalue weighted by molar-refractivity contribution is 0.365. The molecule has 126 valence electrons. The first-order valence-corrected chi connectivity index (χ1v) is 7.68. The zero-order chi connectivity index (χ0) is 17.1. The average Bonchev–Trinajstić information content (AvgIpc) is 3.17. The Morgan fingerprint density at radius 1 is 1.21 bits per heavy atom. The molecule has 0 atom stereocenters. The fourth-order valence-corrected chi connectivity index (χ4v) is 2.38. The van der Waals surface area contributed by atoms with Gasteiger partial charge >= 0.3 is 0 Å². The number of aromatic amines is 1. The second-order valence-corrected chi connectivity index (χ2v) is 5.87. The van der Waals surface area contributed by atoms with Crippen molar-refractivity contribution in [2.24, 2.45) is 0 Å². The third-order valence-electron chi connectivity index (χ3n) is 3.70. The predicted octanol–water partition coefficient (Wildman–Crippen LogP) is 3.76. The zero-order valence-corrected chi connectivity index (χ0v) is 13.4. The van der Waals surface area contributed by atoms with E-state index >= 15 is 0 Å². The standard InChI is InChI=1S/C17H18F2N4O/c1-10(2)16-6-13(24-23-16)9-20-7-11-8-21-22-17(11)14-4-3-12(18)5-15(14)19/h3-6,8,10,20H,7,9H2,1-2H3,(H,21,22). The van der Waals surface area contributed by atoms with Gasteiger partial charge in [-0.3, -0.25) is 5.10 Å². The van der Waals surface area contributed by atoms with Gasteiger partial charge in [0.15, 0.2) is 5.76 Å². The van der Waals surface area contributed by atoms with Crippen LogP contribution in [0.5, 0.6) is 0 Å². The highest BCUT2D eigenvalue weighted by atomic mass is 19.1. The Morgan fingerprint density at radius 3 is 2.75 bits per heavy atom. The predicted molar refractivity (Wildman–Crippen MR) is 85.1 cm³/mol. The number of H-pyrrole nitrogens is 1. The molecule has 0 fully saturated rings. The number of hydrogen-bond acceptors (Lipinski definition) is 4. The van der Waals surface area contributed by atoms with Gasteiger partial charge in [-0.15, -0.1) is 0 Å². The molecule has 0 amide bonds. The summed E-state index contributed by atoms with van der Waals surface area (Å²) < 4.78 is 32.2. The summed E-state index contributed by atoms with van der Waals surface area (Å²) in [5.41, 5.74) is 2.50. The molecule has 0 bridgehead atoms. The van der Waals surface area contributed by atoms with Crippen LogP contribution in [0.25, 0.3) is 11.3 Å². The van der Waals surface area contributed by atoms with Gasteiger partial charge in [0.2, 0.25) is 0 Å². The Kier molecular flexibility index (Phi) is 4.71. The van der Waals surface area contributed by atoms with Gasteiger partial charge < -0.3 is 9.84 Å². The number of nitrogens with zero attached hydrogens (tertiary/aromatic N) is 2. The number of hydrogen-bond donors (Lipinski definition) is 2. The first kappa shape index (κ1) is 16.3. The largest absolute Gasteiger partial charge is 0.360 e. The van der Waals surface area contributed by atoms with Gasteiger partial charge in [0.1, 0.15) is 11.6 Å². The molecule has 0 radical (unpaired) electrons. The van der Waals surface area contributed by atoms with Gasteiger partial charge in [-0.1, -0.05) is 19.0 Å². The van der Waals surface area contributed by atoms with E-state index in [4.69, 9.17) is 4.52 Å². The van der Waals surface area contributed by atoms with E-state index in [1.165, 1.54) is 12.1 Å². The van der Waals surface area contributed by atoms with Crippen molar-refractivity contribution in [1.29, 1.82) is 0 Å².